The van der Waals surface area contributed by atoms with E-state index in [2.05, 4.69) is 4.98 Å². The standard InChI is InChI=1S/C20H20F2N2O3S2/c1-4-14-9-17(12(2)23-20(14)25)18-5-6-19(28-18)29(26,27)24(3)11-13-7-15(21)10-16(22)8-13/h5-10H,4,11H2,1-3H3,(H,23,25). The number of sulfonamides is 1. The molecule has 0 unspecified atom stereocenters. The first-order valence-corrected chi connectivity index (χ1v) is 11.1. The van der Waals surface area contributed by atoms with E-state index in [1.807, 2.05) is 6.92 Å². The molecule has 29 heavy (non-hydrogen) atoms. The van der Waals surface area contributed by atoms with Gasteiger partial charge in [-0.3, -0.25) is 4.79 Å². The van der Waals surface area contributed by atoms with Gasteiger partial charge in [0.15, 0.2) is 0 Å². The van der Waals surface area contributed by atoms with Crippen LogP contribution in [0.1, 0.15) is 23.7 Å². The Morgan fingerprint density at radius 2 is 1.76 bits per heavy atom. The van der Waals surface area contributed by atoms with E-state index in [0.717, 1.165) is 39.4 Å². The molecular weight excluding hydrogens is 418 g/mol. The smallest absolute Gasteiger partial charge is 0.252 e. The fourth-order valence-electron chi connectivity index (χ4n) is 2.99. The first-order chi connectivity index (χ1) is 13.6. The van der Waals surface area contributed by atoms with Crippen molar-refractivity contribution >= 4 is 21.4 Å². The third-order valence-corrected chi connectivity index (χ3v) is 7.92. The lowest BCUT2D eigenvalue weighted by Gasteiger charge is -2.16. The largest absolute Gasteiger partial charge is 0.326 e. The lowest BCUT2D eigenvalue weighted by atomic mass is 10.1. The molecule has 5 nitrogen and oxygen atoms in total. The topological polar surface area (TPSA) is 70.2 Å². The van der Waals surface area contributed by atoms with Crippen LogP contribution < -0.4 is 5.56 Å². The number of rotatable bonds is 6. The normalized spacial score (nSPS) is 11.9. The van der Waals surface area contributed by atoms with Gasteiger partial charge in [-0.2, -0.15) is 4.31 Å². The van der Waals surface area contributed by atoms with Gasteiger partial charge in [0, 0.05) is 41.4 Å². The fourth-order valence-corrected chi connectivity index (χ4v) is 5.74. The predicted molar refractivity (Wildman–Crippen MR) is 110 cm³/mol. The number of nitrogens with one attached hydrogen (secondary N) is 1. The second-order valence-electron chi connectivity index (χ2n) is 6.67. The summed E-state index contributed by atoms with van der Waals surface area (Å²) in [4.78, 5) is 15.4. The number of aromatic amines is 1. The molecule has 0 fully saturated rings. The summed E-state index contributed by atoms with van der Waals surface area (Å²) < 4.78 is 53.7. The van der Waals surface area contributed by atoms with E-state index in [1.165, 1.54) is 13.1 Å². The number of halogens is 2. The minimum Gasteiger partial charge on any atom is -0.326 e. The molecule has 154 valence electrons. The van der Waals surface area contributed by atoms with E-state index < -0.39 is 21.7 Å². The van der Waals surface area contributed by atoms with E-state index in [-0.39, 0.29) is 21.9 Å². The maximum Gasteiger partial charge on any atom is 0.252 e. The van der Waals surface area contributed by atoms with Gasteiger partial charge in [0.05, 0.1) is 0 Å². The maximum absolute atomic E-state index is 13.4. The molecule has 2 heterocycles. The van der Waals surface area contributed by atoms with Crippen LogP contribution in [0.2, 0.25) is 0 Å². The number of aromatic nitrogens is 1. The highest BCUT2D eigenvalue weighted by atomic mass is 32.2. The molecule has 0 saturated heterocycles. The fraction of sp³-hybridized carbons (Fsp3) is 0.250. The quantitative estimate of drug-likeness (QED) is 0.631. The van der Waals surface area contributed by atoms with Crippen molar-refractivity contribution in [2.24, 2.45) is 0 Å². The zero-order valence-electron chi connectivity index (χ0n) is 16.1. The van der Waals surface area contributed by atoms with E-state index >= 15 is 0 Å². The molecule has 0 radical (unpaired) electrons. The maximum atomic E-state index is 13.4. The second-order valence-corrected chi connectivity index (χ2v) is 10.0. The van der Waals surface area contributed by atoms with E-state index in [0.29, 0.717) is 22.6 Å². The van der Waals surface area contributed by atoms with E-state index in [4.69, 9.17) is 0 Å². The average Bonchev–Trinajstić information content (AvgIpc) is 3.11. The monoisotopic (exact) mass is 438 g/mol. The summed E-state index contributed by atoms with van der Waals surface area (Å²) in [6, 6.07) is 7.90. The Labute approximate surface area is 171 Å². The van der Waals surface area contributed by atoms with Crippen molar-refractivity contribution < 1.29 is 17.2 Å². The SMILES string of the molecule is CCc1cc(-c2ccc(S(=O)(=O)N(C)Cc3cc(F)cc(F)c3)s2)c(C)[nH]c1=O. The number of pyridine rings is 1. The molecule has 0 saturated carbocycles. The summed E-state index contributed by atoms with van der Waals surface area (Å²) in [5.74, 6) is -1.52. The van der Waals surface area contributed by atoms with Crippen LogP contribution in [0.25, 0.3) is 10.4 Å². The number of nitrogens with zero attached hydrogens (tertiary/aromatic N) is 1. The third kappa shape index (κ3) is 4.47. The summed E-state index contributed by atoms with van der Waals surface area (Å²) >= 11 is 1.08. The average molecular weight is 439 g/mol. The molecule has 9 heteroatoms. The lowest BCUT2D eigenvalue weighted by Crippen LogP contribution is -2.25. The lowest BCUT2D eigenvalue weighted by molar-refractivity contribution is 0.465. The number of H-pyrrole nitrogens is 1. The number of aryl methyl sites for hydroxylation is 2. The van der Waals surface area contributed by atoms with Crippen molar-refractivity contribution in [3.05, 3.63) is 75.2 Å². The molecule has 0 amide bonds. The van der Waals surface area contributed by atoms with Crippen LogP contribution in [0.4, 0.5) is 8.78 Å². The Balaban J connectivity index is 1.91. The molecule has 3 rings (SSSR count). The summed E-state index contributed by atoms with van der Waals surface area (Å²) in [6.07, 6.45) is 0.562. The van der Waals surface area contributed by atoms with Gasteiger partial charge < -0.3 is 4.98 Å². The van der Waals surface area contributed by atoms with Crippen LogP contribution in [0, 0.1) is 18.6 Å². The van der Waals surface area contributed by atoms with Gasteiger partial charge in [-0.05, 0) is 49.2 Å². The molecule has 0 aliphatic heterocycles. The van der Waals surface area contributed by atoms with Crippen LogP contribution in [-0.4, -0.2) is 24.8 Å². The van der Waals surface area contributed by atoms with Crippen molar-refractivity contribution in [3.8, 4) is 10.4 Å². The van der Waals surface area contributed by atoms with Gasteiger partial charge in [0.25, 0.3) is 15.6 Å². The second kappa shape index (κ2) is 8.17. The zero-order valence-corrected chi connectivity index (χ0v) is 17.8. The summed E-state index contributed by atoms with van der Waals surface area (Å²) in [5, 5.41) is 0. The molecule has 0 atom stereocenters. The molecule has 0 aliphatic rings. The molecule has 0 spiro atoms. The molecule has 1 aromatic carbocycles. The number of hydrogen-bond acceptors (Lipinski definition) is 4. The Morgan fingerprint density at radius 1 is 1.10 bits per heavy atom. The van der Waals surface area contributed by atoms with Crippen LogP contribution in [-0.2, 0) is 23.0 Å². The van der Waals surface area contributed by atoms with Crippen molar-refractivity contribution in [2.75, 3.05) is 7.05 Å². The van der Waals surface area contributed by atoms with Gasteiger partial charge in [-0.25, -0.2) is 17.2 Å². The summed E-state index contributed by atoms with van der Waals surface area (Å²) in [7, 11) is -2.49. The zero-order chi connectivity index (χ0) is 21.3. The van der Waals surface area contributed by atoms with Gasteiger partial charge in [-0.15, -0.1) is 11.3 Å². The van der Waals surface area contributed by atoms with Gasteiger partial charge in [0.2, 0.25) is 0 Å². The number of benzene rings is 1. The molecule has 2 aromatic heterocycles. The number of hydrogen-bond donors (Lipinski definition) is 1. The predicted octanol–water partition coefficient (Wildman–Crippen LogP) is 4.07. The first-order valence-electron chi connectivity index (χ1n) is 8.86. The highest BCUT2D eigenvalue weighted by molar-refractivity contribution is 7.91. The molecule has 1 N–H and O–H groups in total. The molecule has 3 aromatic rings. The highest BCUT2D eigenvalue weighted by Crippen LogP contribution is 2.33. The Hall–Kier alpha value is -2.36. The summed E-state index contributed by atoms with van der Waals surface area (Å²) in [5.41, 5.74) is 2.10. The van der Waals surface area contributed by atoms with E-state index in [9.17, 15) is 22.0 Å². The van der Waals surface area contributed by atoms with Crippen LogP contribution in [0.15, 0.2) is 45.4 Å². The summed E-state index contributed by atoms with van der Waals surface area (Å²) in [6.45, 7) is 3.47. The van der Waals surface area contributed by atoms with Gasteiger partial charge >= 0.3 is 0 Å². The Morgan fingerprint density at radius 3 is 2.38 bits per heavy atom. The minimum atomic E-state index is -3.85. The van der Waals surface area contributed by atoms with Crippen molar-refractivity contribution in [3.63, 3.8) is 0 Å². The van der Waals surface area contributed by atoms with Crippen LogP contribution in [0.3, 0.4) is 0 Å². The molecule has 0 bridgehead atoms. The Bertz CT molecular complexity index is 1200. The molecule has 0 aliphatic carbocycles. The van der Waals surface area contributed by atoms with Crippen LogP contribution >= 0.6 is 11.3 Å². The van der Waals surface area contributed by atoms with Gasteiger partial charge in [0.1, 0.15) is 15.8 Å². The Kier molecular flexibility index (Phi) is 6.02. The number of thiophene rings is 1. The van der Waals surface area contributed by atoms with E-state index in [1.54, 1.807) is 19.1 Å². The first kappa shape index (κ1) is 21.4. The van der Waals surface area contributed by atoms with Gasteiger partial charge in [-0.1, -0.05) is 6.92 Å². The van der Waals surface area contributed by atoms with Crippen LogP contribution in [0.5, 0.6) is 0 Å². The highest BCUT2D eigenvalue weighted by Gasteiger charge is 2.24. The van der Waals surface area contributed by atoms with Crippen molar-refractivity contribution in [1.29, 1.82) is 0 Å². The van der Waals surface area contributed by atoms with Crippen molar-refractivity contribution in [1.82, 2.24) is 9.29 Å². The minimum absolute atomic E-state index is 0.107. The third-order valence-electron chi connectivity index (χ3n) is 4.54. The molecular formula is C20H20F2N2O3S2. The van der Waals surface area contributed by atoms with Crippen molar-refractivity contribution in [2.45, 2.75) is 31.0 Å².